The molecule has 1 atom stereocenters. The van der Waals surface area contributed by atoms with Gasteiger partial charge in [-0.2, -0.15) is 0 Å². The number of aliphatic hydroxyl groups excluding tert-OH is 1. The third-order valence-electron chi connectivity index (χ3n) is 5.13. The van der Waals surface area contributed by atoms with Crippen molar-refractivity contribution in [2.75, 3.05) is 6.54 Å². The highest BCUT2D eigenvalue weighted by atomic mass is 16.3. The maximum absolute atomic E-state index is 12.8. The Balaban J connectivity index is 1.68. The average molecular weight is 317 g/mol. The molecule has 2 fully saturated rings. The van der Waals surface area contributed by atoms with E-state index in [1.165, 1.54) is 12.0 Å². The maximum atomic E-state index is 12.8. The zero-order valence-corrected chi connectivity index (χ0v) is 13.7. The first-order chi connectivity index (χ1) is 11.2. The van der Waals surface area contributed by atoms with E-state index in [1.807, 2.05) is 17.0 Å². The number of amides is 2. The molecule has 1 aliphatic heterocycles. The highest BCUT2D eigenvalue weighted by molar-refractivity contribution is 5.75. The molecule has 1 saturated heterocycles. The van der Waals surface area contributed by atoms with Gasteiger partial charge in [-0.25, -0.2) is 4.79 Å². The van der Waals surface area contributed by atoms with Crippen LogP contribution in [0.25, 0.3) is 0 Å². The predicted octanol–water partition coefficient (Wildman–Crippen LogP) is 3.01. The molecule has 1 saturated carbocycles. The average Bonchev–Trinajstić information content (AvgIpc) is 2.84. The number of hydrogen-bond acceptors (Lipinski definition) is 3. The second kappa shape index (κ2) is 7.77. The van der Waals surface area contributed by atoms with Crippen LogP contribution >= 0.6 is 0 Å². The first-order valence-electron chi connectivity index (χ1n) is 8.89. The zero-order chi connectivity index (χ0) is 16.1. The Morgan fingerprint density at radius 3 is 2.57 bits per heavy atom. The smallest absolute Gasteiger partial charge is 0.318 e. The molecule has 126 valence electrons. The van der Waals surface area contributed by atoms with Crippen molar-refractivity contribution < 1.29 is 9.90 Å². The molecule has 2 N–H and O–H groups in total. The van der Waals surface area contributed by atoms with E-state index < -0.39 is 0 Å². The van der Waals surface area contributed by atoms with E-state index in [9.17, 15) is 9.90 Å². The van der Waals surface area contributed by atoms with Crippen LogP contribution in [0.5, 0.6) is 0 Å². The Kier molecular flexibility index (Phi) is 5.49. The number of pyridine rings is 1. The lowest BCUT2D eigenvalue weighted by Gasteiger charge is -2.33. The number of carbonyl (C=O) groups excluding carboxylic acids is 1. The normalized spacial score (nSPS) is 28.9. The van der Waals surface area contributed by atoms with E-state index in [2.05, 4.69) is 10.3 Å². The van der Waals surface area contributed by atoms with E-state index in [-0.39, 0.29) is 24.2 Å². The van der Waals surface area contributed by atoms with Gasteiger partial charge in [-0.15, -0.1) is 0 Å². The largest absolute Gasteiger partial charge is 0.393 e. The van der Waals surface area contributed by atoms with Gasteiger partial charge < -0.3 is 15.3 Å². The minimum absolute atomic E-state index is 0.0510. The molecule has 1 unspecified atom stereocenters. The summed E-state index contributed by atoms with van der Waals surface area (Å²) in [6, 6.07) is 4.44. The van der Waals surface area contributed by atoms with Crippen molar-refractivity contribution >= 4 is 6.03 Å². The van der Waals surface area contributed by atoms with Crippen molar-refractivity contribution in [3.8, 4) is 0 Å². The molecular weight excluding hydrogens is 290 g/mol. The predicted molar refractivity (Wildman–Crippen MR) is 88.9 cm³/mol. The van der Waals surface area contributed by atoms with Crippen molar-refractivity contribution in [2.45, 2.75) is 69.6 Å². The molecule has 2 amide bonds. The molecule has 0 radical (unpaired) electrons. The van der Waals surface area contributed by atoms with E-state index in [1.54, 1.807) is 12.4 Å². The summed E-state index contributed by atoms with van der Waals surface area (Å²) in [4.78, 5) is 18.9. The standard InChI is InChI=1S/C18H27N3O2/c22-16-7-5-15(6-8-16)20-18(23)21-13-3-1-2-4-17(21)14-9-11-19-12-10-14/h9-12,15-17,22H,1-8,13H2,(H,20,23). The molecule has 1 aliphatic carbocycles. The summed E-state index contributed by atoms with van der Waals surface area (Å²) in [6.07, 6.45) is 11.2. The lowest BCUT2D eigenvalue weighted by Crippen LogP contribution is -2.47. The number of urea groups is 1. The van der Waals surface area contributed by atoms with Crippen molar-refractivity contribution in [1.82, 2.24) is 15.2 Å². The minimum atomic E-state index is -0.189. The molecule has 0 aromatic carbocycles. The van der Waals surface area contributed by atoms with Crippen LogP contribution in [0, 0.1) is 0 Å². The number of carbonyl (C=O) groups is 1. The van der Waals surface area contributed by atoms with Crippen molar-refractivity contribution in [2.24, 2.45) is 0 Å². The lowest BCUT2D eigenvalue weighted by molar-refractivity contribution is 0.113. The summed E-state index contributed by atoms with van der Waals surface area (Å²) in [7, 11) is 0. The zero-order valence-electron chi connectivity index (χ0n) is 13.7. The fraction of sp³-hybridized carbons (Fsp3) is 0.667. The third-order valence-corrected chi connectivity index (χ3v) is 5.13. The molecule has 3 rings (SSSR count). The van der Waals surface area contributed by atoms with Crippen LogP contribution in [-0.4, -0.2) is 39.7 Å². The van der Waals surface area contributed by atoms with Crippen LogP contribution in [0.2, 0.25) is 0 Å². The number of likely N-dealkylation sites (tertiary alicyclic amines) is 1. The molecule has 1 aromatic heterocycles. The van der Waals surface area contributed by atoms with E-state index in [0.29, 0.717) is 0 Å². The van der Waals surface area contributed by atoms with Gasteiger partial charge in [0.25, 0.3) is 0 Å². The van der Waals surface area contributed by atoms with Gasteiger partial charge in [0, 0.05) is 25.0 Å². The van der Waals surface area contributed by atoms with Gasteiger partial charge in [-0.05, 0) is 56.2 Å². The second-order valence-corrected chi connectivity index (χ2v) is 6.79. The lowest BCUT2D eigenvalue weighted by atomic mass is 9.93. The monoisotopic (exact) mass is 317 g/mol. The number of aliphatic hydroxyl groups is 1. The summed E-state index contributed by atoms with van der Waals surface area (Å²) in [5, 5.41) is 12.8. The Hall–Kier alpha value is -1.62. The van der Waals surface area contributed by atoms with E-state index >= 15 is 0 Å². The van der Waals surface area contributed by atoms with Crippen molar-refractivity contribution in [3.05, 3.63) is 30.1 Å². The number of nitrogens with one attached hydrogen (secondary N) is 1. The summed E-state index contributed by atoms with van der Waals surface area (Å²) in [6.45, 7) is 0.814. The van der Waals surface area contributed by atoms with Gasteiger partial charge in [0.1, 0.15) is 0 Å². The fourth-order valence-electron chi connectivity index (χ4n) is 3.76. The summed E-state index contributed by atoms with van der Waals surface area (Å²) in [5.74, 6) is 0. The van der Waals surface area contributed by atoms with Gasteiger partial charge in [0.15, 0.2) is 0 Å². The SMILES string of the molecule is O=C(NC1CCC(O)CC1)N1CCCCCC1c1ccncc1. The van der Waals surface area contributed by atoms with Gasteiger partial charge in [-0.3, -0.25) is 4.98 Å². The van der Waals surface area contributed by atoms with Gasteiger partial charge in [0.05, 0.1) is 12.1 Å². The van der Waals surface area contributed by atoms with E-state index in [0.717, 1.165) is 51.5 Å². The quantitative estimate of drug-likeness (QED) is 0.881. The molecule has 5 nitrogen and oxygen atoms in total. The number of aromatic nitrogens is 1. The van der Waals surface area contributed by atoms with Crippen LogP contribution in [0.4, 0.5) is 4.79 Å². The Bertz CT molecular complexity index is 500. The molecule has 5 heteroatoms. The van der Waals surface area contributed by atoms with Gasteiger partial charge >= 0.3 is 6.03 Å². The third kappa shape index (κ3) is 4.22. The molecule has 2 aliphatic rings. The summed E-state index contributed by atoms with van der Waals surface area (Å²) >= 11 is 0. The van der Waals surface area contributed by atoms with Crippen molar-refractivity contribution in [3.63, 3.8) is 0 Å². The van der Waals surface area contributed by atoms with E-state index in [4.69, 9.17) is 0 Å². The number of rotatable bonds is 2. The van der Waals surface area contributed by atoms with Crippen LogP contribution in [0.3, 0.4) is 0 Å². The highest BCUT2D eigenvalue weighted by Gasteiger charge is 2.29. The maximum Gasteiger partial charge on any atom is 0.318 e. The minimum Gasteiger partial charge on any atom is -0.393 e. The molecule has 0 spiro atoms. The summed E-state index contributed by atoms with van der Waals surface area (Å²) < 4.78 is 0. The Morgan fingerprint density at radius 1 is 1.09 bits per heavy atom. The molecule has 23 heavy (non-hydrogen) atoms. The number of nitrogens with zero attached hydrogens (tertiary/aromatic N) is 2. The molecular formula is C18H27N3O2. The van der Waals surface area contributed by atoms with Crippen LogP contribution in [-0.2, 0) is 0 Å². The molecule has 2 heterocycles. The summed E-state index contributed by atoms with van der Waals surface area (Å²) in [5.41, 5.74) is 1.18. The second-order valence-electron chi connectivity index (χ2n) is 6.79. The van der Waals surface area contributed by atoms with Crippen LogP contribution in [0.1, 0.15) is 63.0 Å². The highest BCUT2D eigenvalue weighted by Crippen LogP contribution is 2.30. The topological polar surface area (TPSA) is 65.5 Å². The molecule has 0 bridgehead atoms. The van der Waals surface area contributed by atoms with Crippen LogP contribution in [0.15, 0.2) is 24.5 Å². The Morgan fingerprint density at radius 2 is 1.83 bits per heavy atom. The Labute approximate surface area is 138 Å². The number of hydrogen-bond donors (Lipinski definition) is 2. The van der Waals surface area contributed by atoms with Crippen molar-refractivity contribution in [1.29, 1.82) is 0 Å². The fourth-order valence-corrected chi connectivity index (χ4v) is 3.76. The first kappa shape index (κ1) is 16.2. The van der Waals surface area contributed by atoms with Crippen LogP contribution < -0.4 is 5.32 Å². The first-order valence-corrected chi connectivity index (χ1v) is 8.89. The van der Waals surface area contributed by atoms with Gasteiger partial charge in [0.2, 0.25) is 0 Å². The molecule has 1 aromatic rings. The van der Waals surface area contributed by atoms with Gasteiger partial charge in [-0.1, -0.05) is 12.8 Å².